The first-order chi connectivity index (χ1) is 16.4. The van der Waals surface area contributed by atoms with Crippen molar-refractivity contribution < 1.29 is 19.2 Å². The Morgan fingerprint density at radius 3 is 2.53 bits per heavy atom. The van der Waals surface area contributed by atoms with Crippen LogP contribution in [0, 0.1) is 10.1 Å². The van der Waals surface area contributed by atoms with Crippen molar-refractivity contribution in [2.75, 3.05) is 5.32 Å². The van der Waals surface area contributed by atoms with Gasteiger partial charge in [-0.15, -0.1) is 11.3 Å². The fraction of sp³-hybridized carbons (Fsp3) is 0.0417. The third-order valence-corrected chi connectivity index (χ3v) is 6.33. The fourth-order valence-electron chi connectivity index (χ4n) is 3.07. The Hall–Kier alpha value is -3.89. The first-order valence-corrected chi connectivity index (χ1v) is 11.6. The Morgan fingerprint density at radius 1 is 1.09 bits per heavy atom. The zero-order valence-electron chi connectivity index (χ0n) is 17.4. The number of aromatic nitrogens is 1. The predicted octanol–water partition coefficient (Wildman–Crippen LogP) is 5.90. The Labute approximate surface area is 206 Å². The standard InChI is InChI=1S/C24H16BrN3O5S/c25-17-14-16(28(31)32)10-11-18(17)27-24(30)23(15-6-2-1-3-7-15)33-22(29)13-12-21-26-19-8-4-5-9-20(19)34-21/h1-14,23H,(H,27,30)/b13-12+. The van der Waals surface area contributed by atoms with Gasteiger partial charge in [-0.3, -0.25) is 14.9 Å². The van der Waals surface area contributed by atoms with Crippen molar-refractivity contribution in [3.8, 4) is 0 Å². The number of anilines is 1. The van der Waals surface area contributed by atoms with Crippen molar-refractivity contribution >= 4 is 66.8 Å². The van der Waals surface area contributed by atoms with Gasteiger partial charge in [-0.25, -0.2) is 9.78 Å². The van der Waals surface area contributed by atoms with Crippen LogP contribution in [0.3, 0.4) is 0 Å². The number of carbonyl (C=O) groups is 2. The third-order valence-electron chi connectivity index (χ3n) is 4.67. The average Bonchev–Trinajstić information content (AvgIpc) is 3.26. The third kappa shape index (κ3) is 5.53. The second-order valence-corrected chi connectivity index (χ2v) is 8.91. The molecule has 0 aliphatic rings. The van der Waals surface area contributed by atoms with Crippen molar-refractivity contribution in [2.24, 2.45) is 0 Å². The lowest BCUT2D eigenvalue weighted by Crippen LogP contribution is -2.25. The number of hydrogen-bond acceptors (Lipinski definition) is 7. The molecule has 1 N–H and O–H groups in total. The summed E-state index contributed by atoms with van der Waals surface area (Å²) < 4.78 is 6.80. The second-order valence-electron chi connectivity index (χ2n) is 6.99. The second kappa shape index (κ2) is 10.4. The zero-order valence-corrected chi connectivity index (χ0v) is 19.8. The number of ether oxygens (including phenoxy) is 1. The van der Waals surface area contributed by atoms with E-state index in [2.05, 4.69) is 26.2 Å². The number of benzene rings is 3. The molecule has 0 saturated carbocycles. The molecule has 1 aromatic heterocycles. The molecule has 1 atom stereocenters. The molecule has 1 heterocycles. The van der Waals surface area contributed by atoms with Crippen molar-refractivity contribution in [1.82, 2.24) is 4.98 Å². The number of nitro groups is 1. The van der Waals surface area contributed by atoms with E-state index in [1.54, 1.807) is 36.4 Å². The van der Waals surface area contributed by atoms with Gasteiger partial charge in [-0.1, -0.05) is 42.5 Å². The van der Waals surface area contributed by atoms with Crippen LogP contribution in [0.4, 0.5) is 11.4 Å². The molecule has 3 aromatic carbocycles. The summed E-state index contributed by atoms with van der Waals surface area (Å²) >= 11 is 4.65. The number of esters is 1. The number of rotatable bonds is 7. The maximum atomic E-state index is 13.0. The van der Waals surface area contributed by atoms with Gasteiger partial charge in [0, 0.05) is 28.2 Å². The zero-order chi connectivity index (χ0) is 24.1. The van der Waals surface area contributed by atoms with E-state index in [9.17, 15) is 19.7 Å². The Kier molecular flexibility index (Phi) is 7.09. The molecular weight excluding hydrogens is 522 g/mol. The minimum Gasteiger partial charge on any atom is -0.444 e. The summed E-state index contributed by atoms with van der Waals surface area (Å²) in [6, 6.07) is 20.1. The molecule has 0 aliphatic heterocycles. The highest BCUT2D eigenvalue weighted by Gasteiger charge is 2.25. The van der Waals surface area contributed by atoms with Crippen LogP contribution in [0.25, 0.3) is 16.3 Å². The van der Waals surface area contributed by atoms with Crippen LogP contribution in [0.2, 0.25) is 0 Å². The molecule has 0 spiro atoms. The van der Waals surface area contributed by atoms with Gasteiger partial charge in [0.15, 0.2) is 0 Å². The van der Waals surface area contributed by atoms with Gasteiger partial charge >= 0.3 is 5.97 Å². The highest BCUT2D eigenvalue weighted by molar-refractivity contribution is 9.10. The molecule has 4 aromatic rings. The Bertz CT molecular complexity index is 1370. The molecule has 0 fully saturated rings. The molecule has 0 aliphatic carbocycles. The molecule has 1 amide bonds. The van der Waals surface area contributed by atoms with Crippen molar-refractivity contribution in [1.29, 1.82) is 0 Å². The monoisotopic (exact) mass is 537 g/mol. The van der Waals surface area contributed by atoms with Crippen LogP contribution in [-0.4, -0.2) is 21.8 Å². The van der Waals surface area contributed by atoms with Gasteiger partial charge in [0.05, 0.1) is 20.8 Å². The number of fused-ring (bicyclic) bond motifs is 1. The topological polar surface area (TPSA) is 111 Å². The molecule has 34 heavy (non-hydrogen) atoms. The molecule has 10 heteroatoms. The summed E-state index contributed by atoms with van der Waals surface area (Å²) in [5, 5.41) is 14.2. The molecule has 4 rings (SSSR count). The fourth-order valence-corrected chi connectivity index (χ4v) is 4.41. The molecule has 0 bridgehead atoms. The minimum atomic E-state index is -1.24. The molecule has 0 radical (unpaired) electrons. The summed E-state index contributed by atoms with van der Waals surface area (Å²) in [7, 11) is 0. The van der Waals surface area contributed by atoms with Gasteiger partial charge in [0.1, 0.15) is 5.01 Å². The van der Waals surface area contributed by atoms with Crippen molar-refractivity contribution in [2.45, 2.75) is 6.10 Å². The molecule has 0 saturated heterocycles. The normalized spacial score (nSPS) is 11.9. The SMILES string of the molecule is O=C(/C=C/c1nc2ccccc2s1)OC(C(=O)Nc1ccc([N+](=O)[O-])cc1Br)c1ccccc1. The number of hydrogen-bond donors (Lipinski definition) is 1. The van der Waals surface area contributed by atoms with E-state index in [-0.39, 0.29) is 5.69 Å². The number of non-ortho nitro benzene ring substituents is 1. The van der Waals surface area contributed by atoms with E-state index in [1.165, 1.54) is 35.6 Å². The van der Waals surface area contributed by atoms with Crippen LogP contribution in [0.15, 0.2) is 83.3 Å². The first kappa shape index (κ1) is 23.3. The largest absolute Gasteiger partial charge is 0.444 e. The average molecular weight is 538 g/mol. The van der Waals surface area contributed by atoms with Gasteiger partial charge < -0.3 is 10.1 Å². The number of thiazole rings is 1. The molecule has 8 nitrogen and oxygen atoms in total. The number of nitro benzene ring substituents is 1. The number of carbonyl (C=O) groups excluding carboxylic acids is 2. The van der Waals surface area contributed by atoms with Crippen molar-refractivity contribution in [3.05, 3.63) is 104 Å². The Morgan fingerprint density at radius 2 is 1.82 bits per heavy atom. The number of halogens is 1. The summed E-state index contributed by atoms with van der Waals surface area (Å²) in [6.07, 6.45) is 1.53. The summed E-state index contributed by atoms with van der Waals surface area (Å²) in [5.74, 6) is -1.33. The van der Waals surface area contributed by atoms with E-state index >= 15 is 0 Å². The lowest BCUT2D eigenvalue weighted by molar-refractivity contribution is -0.384. The van der Waals surface area contributed by atoms with Crippen LogP contribution in [0.5, 0.6) is 0 Å². The molecular formula is C24H16BrN3O5S. The highest BCUT2D eigenvalue weighted by Crippen LogP contribution is 2.29. The lowest BCUT2D eigenvalue weighted by atomic mass is 10.1. The molecule has 1 unspecified atom stereocenters. The maximum absolute atomic E-state index is 13.0. The van der Waals surface area contributed by atoms with Crippen LogP contribution >= 0.6 is 27.3 Å². The van der Waals surface area contributed by atoms with Gasteiger partial charge in [0.2, 0.25) is 6.10 Å². The number of amides is 1. The van der Waals surface area contributed by atoms with Crippen LogP contribution in [0.1, 0.15) is 16.7 Å². The van der Waals surface area contributed by atoms with Gasteiger partial charge in [-0.05, 0) is 40.2 Å². The molecule has 170 valence electrons. The summed E-state index contributed by atoms with van der Waals surface area (Å²) in [6.45, 7) is 0. The van der Waals surface area contributed by atoms with Crippen molar-refractivity contribution in [3.63, 3.8) is 0 Å². The highest BCUT2D eigenvalue weighted by atomic mass is 79.9. The maximum Gasteiger partial charge on any atom is 0.331 e. The van der Waals surface area contributed by atoms with Gasteiger partial charge in [-0.2, -0.15) is 0 Å². The van der Waals surface area contributed by atoms with E-state index in [0.717, 1.165) is 10.2 Å². The minimum absolute atomic E-state index is 0.129. The van der Waals surface area contributed by atoms with Gasteiger partial charge in [0.25, 0.3) is 11.6 Å². The smallest absolute Gasteiger partial charge is 0.331 e. The van der Waals surface area contributed by atoms with Crippen LogP contribution < -0.4 is 5.32 Å². The van der Waals surface area contributed by atoms with E-state index < -0.39 is 22.9 Å². The van der Waals surface area contributed by atoms with Crippen LogP contribution in [-0.2, 0) is 14.3 Å². The number of para-hydroxylation sites is 1. The number of nitrogens with one attached hydrogen (secondary N) is 1. The van der Waals surface area contributed by atoms with E-state index in [1.807, 2.05) is 24.3 Å². The Balaban J connectivity index is 1.52. The van der Waals surface area contributed by atoms with E-state index in [4.69, 9.17) is 4.74 Å². The quantitative estimate of drug-likeness (QED) is 0.136. The van der Waals surface area contributed by atoms with E-state index in [0.29, 0.717) is 20.7 Å². The first-order valence-electron chi connectivity index (χ1n) is 9.95. The lowest BCUT2D eigenvalue weighted by Gasteiger charge is -2.17. The summed E-state index contributed by atoms with van der Waals surface area (Å²) in [4.78, 5) is 40.4. The summed E-state index contributed by atoms with van der Waals surface area (Å²) in [5.41, 5.74) is 1.48. The number of nitrogens with zero attached hydrogens (tertiary/aromatic N) is 2. The predicted molar refractivity (Wildman–Crippen MR) is 133 cm³/mol.